The van der Waals surface area contributed by atoms with E-state index in [9.17, 15) is 0 Å². The molecule has 0 unspecified atom stereocenters. The zero-order valence-electron chi connectivity index (χ0n) is 15.1. The molecule has 0 saturated heterocycles. The Balaban J connectivity index is 1.93. The third-order valence-corrected chi connectivity index (χ3v) is 7.89. The second-order valence-corrected chi connectivity index (χ2v) is 9.27. The van der Waals surface area contributed by atoms with Gasteiger partial charge in [0.15, 0.2) is 0 Å². The molecule has 5 heteroatoms. The third-order valence-electron chi connectivity index (χ3n) is 5.96. The molecule has 3 aromatic heterocycles. The highest BCUT2D eigenvalue weighted by Crippen LogP contribution is 2.44. The molecule has 3 nitrogen and oxygen atoms in total. The maximum absolute atomic E-state index is 4.75. The lowest BCUT2D eigenvalue weighted by Crippen LogP contribution is -1.95. The maximum atomic E-state index is 4.75. The van der Waals surface area contributed by atoms with Gasteiger partial charge in [-0.2, -0.15) is 0 Å². The minimum atomic E-state index is 0.994. The number of halogens is 1. The Labute approximate surface area is 181 Å². The van der Waals surface area contributed by atoms with Gasteiger partial charge in [0.25, 0.3) is 0 Å². The van der Waals surface area contributed by atoms with Crippen molar-refractivity contribution >= 4 is 90.0 Å². The summed E-state index contributed by atoms with van der Waals surface area (Å²) in [5, 5.41) is 7.36. The summed E-state index contributed by atoms with van der Waals surface area (Å²) in [4.78, 5) is 10.6. The van der Waals surface area contributed by atoms with Crippen molar-refractivity contribution in [1.82, 2.24) is 14.4 Å². The summed E-state index contributed by atoms with van der Waals surface area (Å²) in [6.45, 7) is 0. The van der Waals surface area contributed by atoms with Gasteiger partial charge < -0.3 is 4.40 Å². The van der Waals surface area contributed by atoms with Crippen molar-refractivity contribution in [2.24, 2.45) is 0 Å². The van der Waals surface area contributed by atoms with E-state index in [-0.39, 0.29) is 0 Å². The molecular weight excluding hydrogens is 489 g/mol. The SMILES string of the molecule is ISc1cccc2c1c1ccc3ncnc4c5cc6ccccc6cc5n2c1c34. The van der Waals surface area contributed by atoms with E-state index in [4.69, 9.17) is 4.98 Å². The molecule has 0 amide bonds. The minimum Gasteiger partial charge on any atom is -0.308 e. The quantitative estimate of drug-likeness (QED) is 0.134. The Hall–Kier alpha value is -2.64. The molecule has 0 aliphatic rings. The van der Waals surface area contributed by atoms with Crippen LogP contribution in [-0.4, -0.2) is 14.4 Å². The van der Waals surface area contributed by atoms with Crippen molar-refractivity contribution in [3.63, 3.8) is 0 Å². The fourth-order valence-corrected chi connectivity index (χ4v) is 6.31. The number of aromatic nitrogens is 3. The van der Waals surface area contributed by atoms with E-state index in [1.54, 1.807) is 15.3 Å². The predicted octanol–water partition coefficient (Wildman–Crippen LogP) is 7.38. The normalized spacial score (nSPS) is 12.4. The van der Waals surface area contributed by atoms with Gasteiger partial charge in [-0.05, 0) is 47.2 Å². The monoisotopic (exact) mass is 501 g/mol. The second kappa shape index (κ2) is 5.70. The maximum Gasteiger partial charge on any atom is 0.116 e. The summed E-state index contributed by atoms with van der Waals surface area (Å²) in [6, 6.07) is 24.1. The molecule has 4 aromatic carbocycles. The highest BCUT2D eigenvalue weighted by molar-refractivity contribution is 14.2. The summed E-state index contributed by atoms with van der Waals surface area (Å²) >= 11 is 2.38. The summed E-state index contributed by atoms with van der Waals surface area (Å²) < 4.78 is 2.42. The Morgan fingerprint density at radius 1 is 0.759 bits per heavy atom. The van der Waals surface area contributed by atoms with Crippen molar-refractivity contribution in [3.8, 4) is 0 Å². The smallest absolute Gasteiger partial charge is 0.116 e. The summed E-state index contributed by atoms with van der Waals surface area (Å²) in [6.07, 6.45) is 1.69. The number of pyridine rings is 1. The molecule has 0 spiro atoms. The molecule has 0 saturated carbocycles. The molecule has 3 heterocycles. The van der Waals surface area contributed by atoms with E-state index >= 15 is 0 Å². The average Bonchev–Trinajstić information content (AvgIpc) is 3.13. The summed E-state index contributed by atoms with van der Waals surface area (Å²) in [5.41, 5.74) is 5.67. The molecule has 0 atom stereocenters. The van der Waals surface area contributed by atoms with E-state index in [2.05, 4.69) is 97.3 Å². The summed E-state index contributed by atoms with van der Waals surface area (Å²) in [5.74, 6) is 0. The first-order chi connectivity index (χ1) is 14.3. The Kier molecular flexibility index (Phi) is 3.18. The van der Waals surface area contributed by atoms with Crippen molar-refractivity contribution in [1.29, 1.82) is 0 Å². The first kappa shape index (κ1) is 16.2. The van der Waals surface area contributed by atoms with Gasteiger partial charge in [-0.1, -0.05) is 39.3 Å². The highest BCUT2D eigenvalue weighted by Gasteiger charge is 2.20. The largest absolute Gasteiger partial charge is 0.308 e. The van der Waals surface area contributed by atoms with Crippen molar-refractivity contribution in [2.45, 2.75) is 4.90 Å². The van der Waals surface area contributed by atoms with Crippen LogP contribution in [0.5, 0.6) is 0 Å². The van der Waals surface area contributed by atoms with Crippen LogP contribution in [0, 0.1) is 0 Å². The lowest BCUT2D eigenvalue weighted by Gasteiger charge is -2.12. The van der Waals surface area contributed by atoms with Crippen molar-refractivity contribution in [2.75, 3.05) is 0 Å². The number of hydrogen-bond acceptors (Lipinski definition) is 3. The summed E-state index contributed by atoms with van der Waals surface area (Å²) in [7, 11) is 1.77. The van der Waals surface area contributed by atoms with Gasteiger partial charge in [-0.3, -0.25) is 0 Å². The first-order valence-corrected chi connectivity index (χ1v) is 12.7. The van der Waals surface area contributed by atoms with Crippen LogP contribution in [0.25, 0.3) is 59.9 Å². The van der Waals surface area contributed by atoms with Crippen LogP contribution in [0.4, 0.5) is 0 Å². The Bertz CT molecular complexity index is 1750. The Morgan fingerprint density at radius 2 is 1.62 bits per heavy atom. The van der Waals surface area contributed by atoms with E-state index in [1.807, 2.05) is 0 Å². The zero-order valence-corrected chi connectivity index (χ0v) is 18.0. The van der Waals surface area contributed by atoms with Crippen LogP contribution in [0.15, 0.2) is 78.0 Å². The molecule has 29 heavy (non-hydrogen) atoms. The van der Waals surface area contributed by atoms with E-state index in [0.717, 1.165) is 16.4 Å². The van der Waals surface area contributed by atoms with Crippen LogP contribution in [0.3, 0.4) is 0 Å². The number of rotatable bonds is 1. The van der Waals surface area contributed by atoms with Gasteiger partial charge >= 0.3 is 0 Å². The minimum absolute atomic E-state index is 0.994. The number of hydrogen-bond donors (Lipinski definition) is 0. The van der Waals surface area contributed by atoms with Crippen molar-refractivity contribution < 1.29 is 0 Å². The first-order valence-electron chi connectivity index (χ1n) is 9.38. The van der Waals surface area contributed by atoms with Crippen LogP contribution in [0.2, 0.25) is 0 Å². The molecule has 0 aliphatic carbocycles. The zero-order chi connectivity index (χ0) is 19.1. The molecule has 136 valence electrons. The predicted molar refractivity (Wildman–Crippen MR) is 132 cm³/mol. The van der Waals surface area contributed by atoms with Gasteiger partial charge in [-0.15, -0.1) is 0 Å². The van der Waals surface area contributed by atoms with Crippen LogP contribution < -0.4 is 0 Å². The topological polar surface area (TPSA) is 30.2 Å². The fraction of sp³-hybridized carbons (Fsp3) is 0. The third kappa shape index (κ3) is 1.99. The molecule has 7 aromatic rings. The lowest BCUT2D eigenvalue weighted by atomic mass is 10.0. The molecule has 0 radical (unpaired) electrons. The van der Waals surface area contributed by atoms with Crippen LogP contribution in [-0.2, 0) is 0 Å². The van der Waals surface area contributed by atoms with Gasteiger partial charge in [0.05, 0.1) is 33.0 Å². The van der Waals surface area contributed by atoms with Gasteiger partial charge in [0.1, 0.15) is 6.33 Å². The van der Waals surface area contributed by atoms with Crippen LogP contribution >= 0.6 is 30.1 Å². The standard InChI is InChI=1S/C24H12IN3S/c25-29-20-7-3-6-18-21(20)15-8-9-17-22-23(27-12-26-17)16-10-13-4-1-2-5-14(13)11-19(16)28(18)24(15)22/h1-12H. The highest BCUT2D eigenvalue weighted by atomic mass is 127. The van der Waals surface area contributed by atoms with Gasteiger partial charge in [0.2, 0.25) is 0 Å². The fourth-order valence-electron chi connectivity index (χ4n) is 4.79. The van der Waals surface area contributed by atoms with E-state index in [1.165, 1.54) is 48.4 Å². The molecule has 0 N–H and O–H groups in total. The Morgan fingerprint density at radius 3 is 2.48 bits per heavy atom. The van der Waals surface area contributed by atoms with Crippen molar-refractivity contribution in [3.05, 3.63) is 73.1 Å². The van der Waals surface area contributed by atoms with E-state index in [0.29, 0.717) is 0 Å². The number of benzene rings is 4. The molecule has 0 aliphatic heterocycles. The second-order valence-electron chi connectivity index (χ2n) is 7.36. The van der Waals surface area contributed by atoms with Crippen LogP contribution in [0.1, 0.15) is 0 Å². The average molecular weight is 501 g/mol. The molecular formula is C24H12IN3S. The molecule has 0 fully saturated rings. The molecule has 7 rings (SSSR count). The number of fused-ring (bicyclic) bond motifs is 7. The molecule has 0 bridgehead atoms. The van der Waals surface area contributed by atoms with Gasteiger partial charge in [-0.25, -0.2) is 9.97 Å². The lowest BCUT2D eigenvalue weighted by molar-refractivity contribution is 1.25. The number of nitrogens with zero attached hydrogens (tertiary/aromatic N) is 3. The van der Waals surface area contributed by atoms with E-state index < -0.39 is 0 Å². The van der Waals surface area contributed by atoms with Gasteiger partial charge in [0, 0.05) is 42.3 Å².